The van der Waals surface area contributed by atoms with Crippen LogP contribution in [-0.2, 0) is 11.4 Å². The fourth-order valence-corrected chi connectivity index (χ4v) is 4.57. The van der Waals surface area contributed by atoms with Gasteiger partial charge in [-0.25, -0.2) is 0 Å². The summed E-state index contributed by atoms with van der Waals surface area (Å²) in [5, 5.41) is 8.42. The van der Waals surface area contributed by atoms with E-state index in [9.17, 15) is 4.79 Å². The number of hydrogen-bond acceptors (Lipinski definition) is 6. The molecule has 1 amide bonds. The van der Waals surface area contributed by atoms with Crippen molar-refractivity contribution >= 4 is 29.1 Å². The number of fused-ring (bicyclic) bond motifs is 1. The third-order valence-corrected chi connectivity index (χ3v) is 6.45. The fourth-order valence-electron chi connectivity index (χ4n) is 4.32. The van der Waals surface area contributed by atoms with Crippen molar-refractivity contribution in [2.45, 2.75) is 31.4 Å². The van der Waals surface area contributed by atoms with E-state index in [1.807, 2.05) is 0 Å². The number of carbonyl (C=O) groups is 1. The van der Waals surface area contributed by atoms with E-state index in [0.29, 0.717) is 45.1 Å². The molecule has 4 unspecified atom stereocenters. The van der Waals surface area contributed by atoms with E-state index < -0.39 is 0 Å². The number of carbonyl (C=O) groups excluding carboxylic acids is 1. The van der Waals surface area contributed by atoms with Crippen molar-refractivity contribution in [1.82, 2.24) is 15.5 Å². The molecule has 3 aromatic rings. The zero-order chi connectivity index (χ0) is 22.1. The minimum absolute atomic E-state index is 0.0348. The Bertz CT molecular complexity index is 1090. The van der Waals surface area contributed by atoms with Crippen molar-refractivity contribution in [1.29, 1.82) is 0 Å². The highest BCUT2D eigenvalue weighted by atomic mass is 35.5. The van der Waals surface area contributed by atoms with Crippen molar-refractivity contribution in [3.05, 3.63) is 70.3 Å². The lowest BCUT2D eigenvalue weighted by Crippen LogP contribution is -2.38. The van der Waals surface area contributed by atoms with E-state index in [4.69, 9.17) is 37.2 Å². The highest BCUT2D eigenvalue weighted by Crippen LogP contribution is 2.59. The molecular weight excluding hydrogens is 453 g/mol. The van der Waals surface area contributed by atoms with Gasteiger partial charge < -0.3 is 19.3 Å². The minimum atomic E-state index is -0.140. The Balaban J connectivity index is 1.11. The Morgan fingerprint density at radius 3 is 2.31 bits per heavy atom. The number of amides is 1. The second kappa shape index (κ2) is 9.00. The number of rotatable bonds is 8. The van der Waals surface area contributed by atoms with Crippen LogP contribution >= 0.6 is 23.2 Å². The van der Waals surface area contributed by atoms with E-state index >= 15 is 0 Å². The number of benzene rings is 2. The number of nitrogens with one attached hydrogen (secondary N) is 1. The summed E-state index contributed by atoms with van der Waals surface area (Å²) in [6, 6.07) is 14.1. The number of nitrogens with zero attached hydrogens (tertiary/aromatic N) is 2. The van der Waals surface area contributed by atoms with Gasteiger partial charge in [-0.1, -0.05) is 28.4 Å². The molecule has 5 rings (SSSR count). The monoisotopic (exact) mass is 473 g/mol. The molecular formula is C23H21Cl2N3O4. The SMILES string of the molecule is O=C(COc1ccc(Cl)cc1)NC1CC(c2nc(COc3ccc(Cl)cc3)no2)C2CC12. The smallest absolute Gasteiger partial charge is 0.258 e. The van der Waals surface area contributed by atoms with Crippen LogP contribution in [-0.4, -0.2) is 28.7 Å². The maximum Gasteiger partial charge on any atom is 0.258 e. The van der Waals surface area contributed by atoms with Gasteiger partial charge in [-0.2, -0.15) is 4.98 Å². The van der Waals surface area contributed by atoms with Gasteiger partial charge in [-0.3, -0.25) is 4.79 Å². The quantitative estimate of drug-likeness (QED) is 0.512. The zero-order valence-electron chi connectivity index (χ0n) is 17.0. The maximum atomic E-state index is 12.4. The molecule has 2 aromatic carbocycles. The van der Waals surface area contributed by atoms with E-state index in [1.54, 1.807) is 48.5 Å². The summed E-state index contributed by atoms with van der Waals surface area (Å²) < 4.78 is 16.7. The maximum absolute atomic E-state index is 12.4. The number of halogens is 2. The molecule has 0 spiro atoms. The van der Waals surface area contributed by atoms with Crippen LogP contribution in [0.5, 0.6) is 11.5 Å². The van der Waals surface area contributed by atoms with Crippen molar-refractivity contribution < 1.29 is 18.8 Å². The third kappa shape index (κ3) is 4.84. The van der Waals surface area contributed by atoms with E-state index in [0.717, 1.165) is 12.8 Å². The van der Waals surface area contributed by atoms with Gasteiger partial charge in [0.25, 0.3) is 5.91 Å². The number of ether oxygens (including phenoxy) is 2. The van der Waals surface area contributed by atoms with Crippen molar-refractivity contribution in [2.75, 3.05) is 6.61 Å². The predicted octanol–water partition coefficient (Wildman–Crippen LogP) is 4.64. The summed E-state index contributed by atoms with van der Waals surface area (Å²) in [5.41, 5.74) is 0. The highest BCUT2D eigenvalue weighted by molar-refractivity contribution is 6.30. The molecule has 9 heteroatoms. The molecule has 166 valence electrons. The van der Waals surface area contributed by atoms with Gasteiger partial charge >= 0.3 is 0 Å². The molecule has 32 heavy (non-hydrogen) atoms. The fraction of sp³-hybridized carbons (Fsp3) is 0.348. The molecule has 2 aliphatic rings. The molecule has 0 bridgehead atoms. The van der Waals surface area contributed by atoms with Crippen LogP contribution < -0.4 is 14.8 Å². The van der Waals surface area contributed by atoms with Crippen LogP contribution in [0.15, 0.2) is 53.1 Å². The summed E-state index contributed by atoms with van der Waals surface area (Å²) in [7, 11) is 0. The third-order valence-electron chi connectivity index (χ3n) is 5.95. The van der Waals surface area contributed by atoms with Gasteiger partial charge in [0.15, 0.2) is 13.2 Å². The summed E-state index contributed by atoms with van der Waals surface area (Å²) in [5.74, 6) is 3.32. The minimum Gasteiger partial charge on any atom is -0.485 e. The van der Waals surface area contributed by atoms with Gasteiger partial charge in [0.2, 0.25) is 11.7 Å². The van der Waals surface area contributed by atoms with Gasteiger partial charge in [0.1, 0.15) is 11.5 Å². The van der Waals surface area contributed by atoms with Crippen molar-refractivity contribution in [3.8, 4) is 11.5 Å². The largest absolute Gasteiger partial charge is 0.485 e. The van der Waals surface area contributed by atoms with Crippen molar-refractivity contribution in [2.24, 2.45) is 11.8 Å². The van der Waals surface area contributed by atoms with Crippen LogP contribution in [0.4, 0.5) is 0 Å². The van der Waals surface area contributed by atoms with Crippen molar-refractivity contribution in [3.63, 3.8) is 0 Å². The molecule has 7 nitrogen and oxygen atoms in total. The first-order chi connectivity index (χ1) is 15.5. The molecule has 2 fully saturated rings. The van der Waals surface area contributed by atoms with Crippen LogP contribution in [0.1, 0.15) is 30.5 Å². The number of hydrogen-bond donors (Lipinski definition) is 1. The summed E-state index contributed by atoms with van der Waals surface area (Å²) in [4.78, 5) is 16.9. The molecule has 4 atom stereocenters. The molecule has 2 saturated carbocycles. The molecule has 0 saturated heterocycles. The molecule has 2 aliphatic carbocycles. The Morgan fingerprint density at radius 1 is 0.969 bits per heavy atom. The second-order valence-electron chi connectivity index (χ2n) is 8.11. The predicted molar refractivity (Wildman–Crippen MR) is 118 cm³/mol. The van der Waals surface area contributed by atoms with Crippen LogP contribution in [0.3, 0.4) is 0 Å². The Kier molecular flexibility index (Phi) is 5.93. The average molecular weight is 474 g/mol. The van der Waals surface area contributed by atoms with E-state index in [1.165, 1.54) is 0 Å². The standard InChI is InChI=1S/C23H21Cl2N3O4/c24-13-1-5-15(6-2-13)30-11-21-27-23(32-28-21)19-10-20(18-9-17(18)19)26-22(29)12-31-16-7-3-14(25)4-8-16/h1-8,17-20H,9-12H2,(H,26,29). The Labute approximate surface area is 195 Å². The van der Waals surface area contributed by atoms with E-state index in [2.05, 4.69) is 15.5 Å². The Hall–Kier alpha value is -2.77. The normalized spacial score (nSPS) is 23.4. The lowest BCUT2D eigenvalue weighted by Gasteiger charge is -2.16. The van der Waals surface area contributed by atoms with Gasteiger partial charge in [-0.15, -0.1) is 0 Å². The summed E-state index contributed by atoms with van der Waals surface area (Å²) >= 11 is 11.7. The van der Waals surface area contributed by atoms with Crippen LogP contribution in [0, 0.1) is 11.8 Å². The highest BCUT2D eigenvalue weighted by Gasteiger charge is 2.56. The van der Waals surface area contributed by atoms with Gasteiger partial charge in [-0.05, 0) is 73.2 Å². The lowest BCUT2D eigenvalue weighted by atomic mass is 10.0. The number of aromatic nitrogens is 2. The first-order valence-corrected chi connectivity index (χ1v) is 11.2. The molecule has 0 radical (unpaired) electrons. The van der Waals surface area contributed by atoms with Gasteiger partial charge in [0, 0.05) is 22.0 Å². The molecule has 1 aromatic heterocycles. The average Bonchev–Trinajstić information content (AvgIpc) is 3.30. The topological polar surface area (TPSA) is 86.5 Å². The summed E-state index contributed by atoms with van der Waals surface area (Å²) in [6.07, 6.45) is 1.83. The molecule has 0 aliphatic heterocycles. The van der Waals surface area contributed by atoms with E-state index in [-0.39, 0.29) is 31.1 Å². The summed E-state index contributed by atoms with van der Waals surface area (Å²) in [6.45, 7) is 0.182. The zero-order valence-corrected chi connectivity index (χ0v) is 18.6. The molecule has 1 heterocycles. The first kappa shape index (κ1) is 21.1. The lowest BCUT2D eigenvalue weighted by molar-refractivity contribution is -0.123. The van der Waals surface area contributed by atoms with Gasteiger partial charge in [0.05, 0.1) is 0 Å². The molecule has 1 N–H and O–H groups in total. The first-order valence-electron chi connectivity index (χ1n) is 10.4. The van der Waals surface area contributed by atoms with Crippen LogP contribution in [0.2, 0.25) is 10.0 Å². The van der Waals surface area contributed by atoms with Crippen LogP contribution in [0.25, 0.3) is 0 Å². The second-order valence-corrected chi connectivity index (χ2v) is 8.99. The Morgan fingerprint density at radius 2 is 1.62 bits per heavy atom.